The summed E-state index contributed by atoms with van der Waals surface area (Å²) in [5.74, 6) is 0.808. The van der Waals surface area contributed by atoms with Crippen molar-refractivity contribution in [2.75, 3.05) is 20.2 Å². The number of benzene rings is 1. The molecule has 2 amide bonds. The quantitative estimate of drug-likeness (QED) is 0.887. The first-order valence-corrected chi connectivity index (χ1v) is 8.76. The van der Waals surface area contributed by atoms with Gasteiger partial charge in [0.1, 0.15) is 5.75 Å². The smallest absolute Gasteiger partial charge is 0.257 e. The highest BCUT2D eigenvalue weighted by molar-refractivity contribution is 6.31. The second kappa shape index (κ2) is 6.63. The number of amides is 2. The molecule has 0 unspecified atom stereocenters. The highest BCUT2D eigenvalue weighted by Crippen LogP contribution is 2.45. The van der Waals surface area contributed by atoms with Crippen molar-refractivity contribution in [1.82, 2.24) is 4.90 Å². The van der Waals surface area contributed by atoms with Crippen molar-refractivity contribution in [3.05, 3.63) is 28.8 Å². The molecule has 0 bridgehead atoms. The van der Waals surface area contributed by atoms with Gasteiger partial charge in [-0.3, -0.25) is 9.59 Å². The minimum Gasteiger partial charge on any atom is -0.496 e. The second-order valence-electron chi connectivity index (χ2n) is 6.93. The molecule has 3 rings (SSSR count). The Hall–Kier alpha value is -1.75. The fourth-order valence-electron chi connectivity index (χ4n) is 3.58. The zero-order valence-corrected chi connectivity index (χ0v) is 14.6. The predicted octanol–water partition coefficient (Wildman–Crippen LogP) is 2.86. The van der Waals surface area contributed by atoms with Crippen LogP contribution in [-0.2, 0) is 4.79 Å². The Balaban J connectivity index is 1.73. The second-order valence-corrected chi connectivity index (χ2v) is 7.37. The molecule has 0 spiro atoms. The number of hydrogen-bond donors (Lipinski definition) is 1. The van der Waals surface area contributed by atoms with Gasteiger partial charge < -0.3 is 15.4 Å². The van der Waals surface area contributed by atoms with Gasteiger partial charge in [0, 0.05) is 18.1 Å². The average molecular weight is 351 g/mol. The van der Waals surface area contributed by atoms with Gasteiger partial charge in [-0.1, -0.05) is 24.4 Å². The van der Waals surface area contributed by atoms with Gasteiger partial charge in [0.25, 0.3) is 5.91 Å². The van der Waals surface area contributed by atoms with Crippen molar-refractivity contribution in [3.63, 3.8) is 0 Å². The average Bonchev–Trinajstić information content (AvgIpc) is 3.38. The van der Waals surface area contributed by atoms with Crippen LogP contribution in [0.4, 0.5) is 0 Å². The molecule has 1 aromatic carbocycles. The Morgan fingerprint density at radius 1 is 1.33 bits per heavy atom. The molecule has 1 saturated heterocycles. The summed E-state index contributed by atoms with van der Waals surface area (Å²) in [6.07, 6.45) is 4.51. The van der Waals surface area contributed by atoms with Crippen molar-refractivity contribution in [1.29, 1.82) is 0 Å². The molecule has 0 aromatic heterocycles. The monoisotopic (exact) mass is 350 g/mol. The van der Waals surface area contributed by atoms with Crippen LogP contribution in [0.1, 0.15) is 42.5 Å². The van der Waals surface area contributed by atoms with Crippen LogP contribution in [0.3, 0.4) is 0 Å². The van der Waals surface area contributed by atoms with E-state index in [4.69, 9.17) is 22.1 Å². The van der Waals surface area contributed by atoms with Crippen LogP contribution in [-0.4, -0.2) is 36.9 Å². The lowest BCUT2D eigenvalue weighted by molar-refractivity contribution is -0.131. The fraction of sp³-hybridized carbons (Fsp3) is 0.556. The number of carbonyl (C=O) groups is 2. The summed E-state index contributed by atoms with van der Waals surface area (Å²) in [4.78, 5) is 26.6. The third-order valence-electron chi connectivity index (χ3n) is 5.30. The number of nitrogens with two attached hydrogens (primary N) is 1. The van der Waals surface area contributed by atoms with Crippen LogP contribution in [0.15, 0.2) is 18.2 Å². The summed E-state index contributed by atoms with van der Waals surface area (Å²) in [5, 5.41) is 0.497. The third kappa shape index (κ3) is 3.36. The maximum Gasteiger partial charge on any atom is 0.257 e. The third-order valence-corrected chi connectivity index (χ3v) is 5.53. The predicted molar refractivity (Wildman–Crippen MR) is 92.1 cm³/mol. The molecule has 2 aliphatic rings. The van der Waals surface area contributed by atoms with E-state index in [1.165, 1.54) is 20.0 Å². The molecular weight excluding hydrogens is 328 g/mol. The first-order valence-electron chi connectivity index (χ1n) is 8.38. The van der Waals surface area contributed by atoms with Gasteiger partial charge in [-0.2, -0.15) is 0 Å². The fourth-order valence-corrected chi connectivity index (χ4v) is 3.75. The highest BCUT2D eigenvalue weighted by atomic mass is 35.5. The molecular formula is C18H23ClN2O3. The van der Waals surface area contributed by atoms with E-state index in [0.717, 1.165) is 6.42 Å². The van der Waals surface area contributed by atoms with Gasteiger partial charge in [-0.05, 0) is 43.4 Å². The lowest BCUT2D eigenvalue weighted by Gasteiger charge is -2.40. The van der Waals surface area contributed by atoms with E-state index < -0.39 is 5.41 Å². The maximum atomic E-state index is 12.8. The summed E-state index contributed by atoms with van der Waals surface area (Å²) >= 11 is 6.02. The maximum absolute atomic E-state index is 12.8. The number of ether oxygens (including phenoxy) is 1. The van der Waals surface area contributed by atoms with Crippen LogP contribution in [0, 0.1) is 11.3 Å². The Kier molecular flexibility index (Phi) is 4.72. The van der Waals surface area contributed by atoms with Crippen molar-refractivity contribution < 1.29 is 14.3 Å². The number of nitrogens with zero attached hydrogens (tertiary/aromatic N) is 1. The van der Waals surface area contributed by atoms with Gasteiger partial charge in [-0.25, -0.2) is 0 Å². The molecule has 1 aromatic rings. The molecule has 0 atom stereocenters. The van der Waals surface area contributed by atoms with E-state index in [-0.39, 0.29) is 11.8 Å². The molecule has 1 aliphatic heterocycles. The van der Waals surface area contributed by atoms with Gasteiger partial charge >= 0.3 is 0 Å². The summed E-state index contributed by atoms with van der Waals surface area (Å²) in [5.41, 5.74) is 5.71. The Morgan fingerprint density at radius 3 is 2.54 bits per heavy atom. The summed E-state index contributed by atoms with van der Waals surface area (Å²) in [6, 6.07) is 5.02. The molecule has 2 fully saturated rings. The number of likely N-dealkylation sites (tertiary alicyclic amines) is 1. The van der Waals surface area contributed by atoms with E-state index in [0.29, 0.717) is 48.2 Å². The topological polar surface area (TPSA) is 72.6 Å². The lowest BCUT2D eigenvalue weighted by Crippen LogP contribution is -2.49. The number of piperidine rings is 1. The van der Waals surface area contributed by atoms with Crippen LogP contribution < -0.4 is 10.5 Å². The molecule has 0 radical (unpaired) electrons. The molecule has 6 heteroatoms. The van der Waals surface area contributed by atoms with Crippen LogP contribution >= 0.6 is 11.6 Å². The largest absolute Gasteiger partial charge is 0.496 e. The molecule has 24 heavy (non-hydrogen) atoms. The van der Waals surface area contributed by atoms with Crippen molar-refractivity contribution in [2.45, 2.75) is 32.1 Å². The molecule has 1 saturated carbocycles. The van der Waals surface area contributed by atoms with Crippen molar-refractivity contribution >= 4 is 23.4 Å². The van der Waals surface area contributed by atoms with Crippen LogP contribution in [0.25, 0.3) is 0 Å². The summed E-state index contributed by atoms with van der Waals surface area (Å²) < 4.78 is 5.27. The van der Waals surface area contributed by atoms with Crippen LogP contribution in [0.2, 0.25) is 5.02 Å². The number of rotatable bonds is 5. The number of carbonyl (C=O) groups excluding carboxylic acids is 2. The van der Waals surface area contributed by atoms with E-state index in [1.807, 2.05) is 0 Å². The summed E-state index contributed by atoms with van der Waals surface area (Å²) in [6.45, 7) is 1.06. The van der Waals surface area contributed by atoms with Gasteiger partial charge in [-0.15, -0.1) is 0 Å². The van der Waals surface area contributed by atoms with Gasteiger partial charge in [0.15, 0.2) is 0 Å². The van der Waals surface area contributed by atoms with Gasteiger partial charge in [0.2, 0.25) is 5.91 Å². The van der Waals surface area contributed by atoms with Gasteiger partial charge in [0.05, 0.1) is 18.1 Å². The molecule has 1 heterocycles. The number of methoxy groups -OCH3 is 1. The van der Waals surface area contributed by atoms with Crippen molar-refractivity contribution in [2.24, 2.45) is 17.1 Å². The van der Waals surface area contributed by atoms with Crippen LogP contribution in [0.5, 0.6) is 5.75 Å². The number of halogens is 1. The number of primary amides is 1. The molecule has 5 nitrogen and oxygen atoms in total. The normalized spacial score (nSPS) is 19.8. The number of hydrogen-bond acceptors (Lipinski definition) is 3. The molecule has 1 aliphatic carbocycles. The zero-order valence-electron chi connectivity index (χ0n) is 13.9. The Labute approximate surface area is 147 Å². The summed E-state index contributed by atoms with van der Waals surface area (Å²) in [7, 11) is 1.53. The first-order chi connectivity index (χ1) is 11.4. The van der Waals surface area contributed by atoms with E-state index in [9.17, 15) is 9.59 Å². The Morgan fingerprint density at radius 2 is 2.00 bits per heavy atom. The Bertz CT molecular complexity index is 650. The van der Waals surface area contributed by atoms with E-state index in [1.54, 1.807) is 23.1 Å². The van der Waals surface area contributed by atoms with E-state index >= 15 is 0 Å². The SMILES string of the molecule is COc1ccc(Cl)cc1C(=O)N1CCC(CC2CC2)(C(N)=O)CC1. The first kappa shape index (κ1) is 17.1. The highest BCUT2D eigenvalue weighted by Gasteiger charge is 2.44. The van der Waals surface area contributed by atoms with Crippen molar-refractivity contribution in [3.8, 4) is 5.75 Å². The minimum atomic E-state index is -0.448. The lowest BCUT2D eigenvalue weighted by atomic mass is 9.73. The minimum absolute atomic E-state index is 0.112. The molecule has 2 N–H and O–H groups in total. The molecule has 130 valence electrons. The standard InChI is InChI=1S/C18H23ClN2O3/c1-24-15-5-4-13(19)10-14(15)16(22)21-8-6-18(7-9-21,17(20)23)11-12-2-3-12/h4-5,10,12H,2-3,6-9,11H2,1H3,(H2,20,23). The van der Waals surface area contributed by atoms with E-state index in [2.05, 4.69) is 0 Å². The zero-order chi connectivity index (χ0) is 17.3.